The van der Waals surface area contributed by atoms with Gasteiger partial charge in [0.25, 0.3) is 0 Å². The van der Waals surface area contributed by atoms with Gasteiger partial charge in [0.2, 0.25) is 0 Å². The molecule has 0 aromatic heterocycles. The van der Waals surface area contributed by atoms with Gasteiger partial charge >= 0.3 is 6.09 Å². The van der Waals surface area contributed by atoms with Crippen molar-refractivity contribution in [2.45, 2.75) is 71.4 Å². The SMILES string of the molecule is CCNC(=NCCN(C(=O)OC(C)(C)C)C1CC1)N(C)CCC1CCOCC1. The molecule has 1 aliphatic carbocycles. The van der Waals surface area contributed by atoms with E-state index in [0.29, 0.717) is 19.1 Å². The molecule has 1 heterocycles. The molecule has 1 saturated carbocycles. The van der Waals surface area contributed by atoms with Gasteiger partial charge in [-0.05, 0) is 65.7 Å². The molecular weight excluding hydrogens is 356 g/mol. The average molecular weight is 397 g/mol. The molecule has 2 fully saturated rings. The van der Waals surface area contributed by atoms with Gasteiger partial charge in [0.15, 0.2) is 5.96 Å². The van der Waals surface area contributed by atoms with E-state index >= 15 is 0 Å². The van der Waals surface area contributed by atoms with E-state index in [4.69, 9.17) is 14.5 Å². The van der Waals surface area contributed by atoms with Crippen LogP contribution in [-0.4, -0.2) is 79.9 Å². The summed E-state index contributed by atoms with van der Waals surface area (Å²) in [5.74, 6) is 1.66. The Labute approximate surface area is 170 Å². The Balaban J connectivity index is 1.84. The number of guanidine groups is 1. The first-order valence-electron chi connectivity index (χ1n) is 10.9. The topological polar surface area (TPSA) is 66.4 Å². The highest BCUT2D eigenvalue weighted by molar-refractivity contribution is 5.79. The highest BCUT2D eigenvalue weighted by Gasteiger charge is 2.34. The van der Waals surface area contributed by atoms with Crippen LogP contribution in [0.25, 0.3) is 0 Å². The summed E-state index contributed by atoms with van der Waals surface area (Å²) in [6.07, 6.45) is 5.39. The highest BCUT2D eigenvalue weighted by atomic mass is 16.6. The second-order valence-corrected chi connectivity index (χ2v) is 8.91. The maximum atomic E-state index is 12.5. The average Bonchev–Trinajstić information content (AvgIpc) is 3.46. The van der Waals surface area contributed by atoms with Crippen LogP contribution < -0.4 is 5.32 Å². The molecule has 0 atom stereocenters. The lowest BCUT2D eigenvalue weighted by atomic mass is 9.96. The van der Waals surface area contributed by atoms with Crippen molar-refractivity contribution in [3.05, 3.63) is 0 Å². The molecule has 0 aromatic rings. The van der Waals surface area contributed by atoms with E-state index < -0.39 is 5.60 Å². The van der Waals surface area contributed by atoms with Gasteiger partial charge in [-0.15, -0.1) is 0 Å². The van der Waals surface area contributed by atoms with E-state index in [0.717, 1.165) is 70.3 Å². The van der Waals surface area contributed by atoms with Crippen molar-refractivity contribution in [1.29, 1.82) is 0 Å². The van der Waals surface area contributed by atoms with Crippen molar-refractivity contribution >= 4 is 12.1 Å². The fourth-order valence-electron chi connectivity index (χ4n) is 3.38. The molecule has 7 heteroatoms. The number of ether oxygens (including phenoxy) is 2. The van der Waals surface area contributed by atoms with E-state index in [1.54, 1.807) is 0 Å². The molecule has 1 saturated heterocycles. The van der Waals surface area contributed by atoms with E-state index in [1.165, 1.54) is 0 Å². The van der Waals surface area contributed by atoms with E-state index in [-0.39, 0.29) is 6.09 Å². The summed E-state index contributed by atoms with van der Waals surface area (Å²) in [6.45, 7) is 12.6. The van der Waals surface area contributed by atoms with Crippen LogP contribution in [0.2, 0.25) is 0 Å². The molecule has 28 heavy (non-hydrogen) atoms. The Kier molecular flexibility index (Phi) is 8.86. The number of rotatable bonds is 8. The predicted octanol–water partition coefficient (Wildman–Crippen LogP) is 3.10. The first-order chi connectivity index (χ1) is 13.3. The number of nitrogens with zero attached hydrogens (tertiary/aromatic N) is 3. The van der Waals surface area contributed by atoms with Crippen LogP contribution in [0.3, 0.4) is 0 Å². The van der Waals surface area contributed by atoms with Crippen LogP contribution in [0, 0.1) is 5.92 Å². The second-order valence-electron chi connectivity index (χ2n) is 8.91. The lowest BCUT2D eigenvalue weighted by molar-refractivity contribution is 0.0240. The Hall–Kier alpha value is -1.50. The Morgan fingerprint density at radius 2 is 1.86 bits per heavy atom. The molecule has 1 N–H and O–H groups in total. The largest absolute Gasteiger partial charge is 0.444 e. The van der Waals surface area contributed by atoms with Gasteiger partial charge in [0.1, 0.15) is 5.60 Å². The van der Waals surface area contributed by atoms with Crippen LogP contribution in [-0.2, 0) is 9.47 Å². The van der Waals surface area contributed by atoms with Crippen molar-refractivity contribution in [1.82, 2.24) is 15.1 Å². The zero-order valence-electron chi connectivity index (χ0n) is 18.5. The molecule has 0 spiro atoms. The lowest BCUT2D eigenvalue weighted by Gasteiger charge is -2.28. The summed E-state index contributed by atoms with van der Waals surface area (Å²) in [4.78, 5) is 21.3. The Bertz CT molecular complexity index is 508. The predicted molar refractivity (Wildman–Crippen MR) is 113 cm³/mol. The highest BCUT2D eigenvalue weighted by Crippen LogP contribution is 2.28. The summed E-state index contributed by atoms with van der Waals surface area (Å²) in [6, 6.07) is 0.318. The normalized spacial score (nSPS) is 18.7. The fraction of sp³-hybridized carbons (Fsp3) is 0.905. The second kappa shape index (κ2) is 10.9. The molecule has 0 aromatic carbocycles. The molecule has 0 bridgehead atoms. The van der Waals surface area contributed by atoms with Gasteiger partial charge in [0, 0.05) is 45.9 Å². The quantitative estimate of drug-likeness (QED) is 0.504. The van der Waals surface area contributed by atoms with Gasteiger partial charge in [-0.1, -0.05) is 0 Å². The van der Waals surface area contributed by atoms with Gasteiger partial charge in [-0.25, -0.2) is 4.79 Å². The monoisotopic (exact) mass is 396 g/mol. The first-order valence-corrected chi connectivity index (χ1v) is 10.9. The third kappa shape index (κ3) is 8.25. The van der Waals surface area contributed by atoms with E-state index in [9.17, 15) is 4.79 Å². The summed E-state index contributed by atoms with van der Waals surface area (Å²) < 4.78 is 11.0. The van der Waals surface area contributed by atoms with Crippen LogP contribution >= 0.6 is 0 Å². The third-order valence-electron chi connectivity index (χ3n) is 5.13. The van der Waals surface area contributed by atoms with Crippen molar-refractivity contribution < 1.29 is 14.3 Å². The van der Waals surface area contributed by atoms with Gasteiger partial charge in [-0.3, -0.25) is 4.99 Å². The van der Waals surface area contributed by atoms with Crippen molar-refractivity contribution in [2.24, 2.45) is 10.9 Å². The van der Waals surface area contributed by atoms with Crippen LogP contribution in [0.4, 0.5) is 4.79 Å². The summed E-state index contributed by atoms with van der Waals surface area (Å²) in [7, 11) is 2.09. The molecule has 0 unspecified atom stereocenters. The van der Waals surface area contributed by atoms with Crippen molar-refractivity contribution in [2.75, 3.05) is 46.4 Å². The summed E-state index contributed by atoms with van der Waals surface area (Å²) in [5.41, 5.74) is -0.465. The maximum absolute atomic E-state index is 12.5. The molecular formula is C21H40N4O3. The third-order valence-corrected chi connectivity index (χ3v) is 5.13. The van der Waals surface area contributed by atoms with Crippen LogP contribution in [0.5, 0.6) is 0 Å². The minimum atomic E-state index is -0.465. The number of aliphatic imine (C=N–C) groups is 1. The Morgan fingerprint density at radius 3 is 2.43 bits per heavy atom. The number of hydrogen-bond acceptors (Lipinski definition) is 4. The van der Waals surface area contributed by atoms with Crippen molar-refractivity contribution in [3.8, 4) is 0 Å². The molecule has 0 radical (unpaired) electrons. The smallest absolute Gasteiger partial charge is 0.410 e. The van der Waals surface area contributed by atoms with Crippen molar-refractivity contribution in [3.63, 3.8) is 0 Å². The van der Waals surface area contributed by atoms with Crippen LogP contribution in [0.15, 0.2) is 4.99 Å². The molecule has 7 nitrogen and oxygen atoms in total. The molecule has 1 aliphatic heterocycles. The van der Waals surface area contributed by atoms with Gasteiger partial charge < -0.3 is 24.6 Å². The molecule has 162 valence electrons. The number of amides is 1. The number of hydrogen-bond donors (Lipinski definition) is 1. The zero-order chi connectivity index (χ0) is 20.6. The number of nitrogens with one attached hydrogen (secondary N) is 1. The fourth-order valence-corrected chi connectivity index (χ4v) is 3.38. The summed E-state index contributed by atoms with van der Waals surface area (Å²) in [5, 5.41) is 3.37. The Morgan fingerprint density at radius 1 is 1.18 bits per heavy atom. The number of carbonyl (C=O) groups is 1. The maximum Gasteiger partial charge on any atom is 0.410 e. The number of carbonyl (C=O) groups excluding carboxylic acids is 1. The molecule has 1 amide bonds. The lowest BCUT2D eigenvalue weighted by Crippen LogP contribution is -2.42. The first kappa shape index (κ1) is 22.8. The standard InChI is InChI=1S/C21H40N4O3/c1-6-22-19(24(5)13-9-17-10-15-27-16-11-17)23-12-14-25(18-7-8-18)20(26)28-21(2,3)4/h17-18H,6-16H2,1-5H3,(H,22,23). The van der Waals surface area contributed by atoms with Gasteiger partial charge in [0.05, 0.1) is 6.54 Å². The van der Waals surface area contributed by atoms with Gasteiger partial charge in [-0.2, -0.15) is 0 Å². The minimum absolute atomic E-state index is 0.219. The summed E-state index contributed by atoms with van der Waals surface area (Å²) >= 11 is 0. The molecule has 2 aliphatic rings. The molecule has 2 rings (SSSR count). The van der Waals surface area contributed by atoms with E-state index in [2.05, 4.69) is 24.2 Å². The zero-order valence-corrected chi connectivity index (χ0v) is 18.5. The minimum Gasteiger partial charge on any atom is -0.444 e. The van der Waals surface area contributed by atoms with E-state index in [1.807, 2.05) is 25.7 Å². The van der Waals surface area contributed by atoms with Crippen LogP contribution in [0.1, 0.15) is 59.8 Å².